The Hall–Kier alpha value is -1.02. The molecule has 0 aliphatic rings. The molecule has 0 aromatic carbocycles. The maximum atomic E-state index is 13.5. The van der Waals surface area contributed by atoms with Crippen LogP contribution in [0.15, 0.2) is 0 Å². The molecule has 0 saturated carbocycles. The Morgan fingerprint density at radius 2 is 0.810 bits per heavy atom. The number of hydrogen-bond donors (Lipinski definition) is 0. The number of carbonyl (C=O) groups is 3. The molecule has 11 heteroatoms. The van der Waals surface area contributed by atoms with Crippen molar-refractivity contribution in [3.8, 4) is 0 Å². The van der Waals surface area contributed by atoms with Gasteiger partial charge in [0, 0.05) is 0 Å². The van der Waals surface area contributed by atoms with Crippen molar-refractivity contribution in [3.63, 3.8) is 0 Å². The van der Waals surface area contributed by atoms with E-state index in [1.54, 1.807) is 6.92 Å². The highest BCUT2D eigenvalue weighted by molar-refractivity contribution is 6.87. The van der Waals surface area contributed by atoms with Gasteiger partial charge in [-0.3, -0.25) is 14.4 Å². The van der Waals surface area contributed by atoms with Crippen molar-refractivity contribution in [2.75, 3.05) is 20.3 Å². The monoisotopic (exact) mass is 959 g/mol. The first-order valence-electron chi connectivity index (χ1n) is 22.3. The second-order valence-electron chi connectivity index (χ2n) is 19.7. The van der Waals surface area contributed by atoms with E-state index < -0.39 is 47.4 Å². The van der Waals surface area contributed by atoms with Crippen molar-refractivity contribution in [3.05, 3.63) is 0 Å². The topological polar surface area (TPSA) is 97.4 Å². The van der Waals surface area contributed by atoms with E-state index in [0.29, 0.717) is 19.6 Å². The van der Waals surface area contributed by atoms with Gasteiger partial charge in [-0.25, -0.2) is 0 Å². The van der Waals surface area contributed by atoms with E-state index in [1.165, 1.54) is 90.6 Å². The molecule has 8 nitrogen and oxygen atoms in total. The van der Waals surface area contributed by atoms with Crippen LogP contribution in [0.4, 0.5) is 0 Å². The Balaban J connectivity index is -0.000000521. The van der Waals surface area contributed by atoms with Gasteiger partial charge in [-0.05, 0) is 112 Å². The average molecular weight is 960 g/mol. The first-order valence-corrected chi connectivity index (χ1v) is 31.7. The molecule has 0 fully saturated rings. The van der Waals surface area contributed by atoms with Gasteiger partial charge in [0.25, 0.3) is 0 Å². The minimum absolute atomic E-state index is 0. The van der Waals surface area contributed by atoms with Gasteiger partial charge in [0.2, 0.25) is 0 Å². The zero-order chi connectivity index (χ0) is 42.2. The van der Waals surface area contributed by atoms with E-state index >= 15 is 0 Å². The van der Waals surface area contributed by atoms with Crippen LogP contribution >= 0.6 is 0 Å². The van der Waals surface area contributed by atoms with E-state index in [1.807, 2.05) is 27.7 Å². The van der Waals surface area contributed by atoms with E-state index in [4.69, 9.17) is 22.4 Å². The van der Waals surface area contributed by atoms with Crippen molar-refractivity contribution in [1.29, 1.82) is 0 Å². The third-order valence-electron chi connectivity index (χ3n) is 10.8. The summed E-state index contributed by atoms with van der Waals surface area (Å²) < 4.78 is 29.9. The summed E-state index contributed by atoms with van der Waals surface area (Å²) >= 11 is 0. The van der Waals surface area contributed by atoms with Crippen LogP contribution in [-0.2, 0) is 36.8 Å². The molecular formula is C52H122O8Si3. The van der Waals surface area contributed by atoms with Crippen molar-refractivity contribution >= 4 is 43.1 Å². The highest BCUT2D eigenvalue weighted by Gasteiger charge is 2.49. The van der Waals surface area contributed by atoms with Crippen molar-refractivity contribution in [2.24, 2.45) is 16.2 Å². The molecular weight excluding hydrogens is 837 g/mol. The van der Waals surface area contributed by atoms with Crippen molar-refractivity contribution < 1.29 is 36.8 Å². The molecule has 2 unspecified atom stereocenters. The maximum Gasteiger partial charge on any atom is 0.311 e. The summed E-state index contributed by atoms with van der Waals surface area (Å²) in [6, 6.07) is 0.963. The molecule has 0 saturated heterocycles. The standard InChI is InChI=1S/C44H90O8Si3.8CH4/c1-15-17-18-19-20-21-22-23-24-25-26-27-28-29-30-31-34-50-41(47)43(5,16-2)38-44(6,40(46)48-7)37-42(3,4)39(45)49-35-32-33-36-54(11,12)52-55(13,14)51-53(8,9)10;;;;;;;;/h15-38H2,1-14H3;8*1H4. The summed E-state index contributed by atoms with van der Waals surface area (Å²) in [6.07, 6.45) is 23.3. The third-order valence-corrected chi connectivity index (χ3v) is 21.0. The molecule has 0 N–H and O–H groups in total. The first-order chi connectivity index (χ1) is 25.5. The fourth-order valence-corrected chi connectivity index (χ4v) is 21.5. The van der Waals surface area contributed by atoms with Crippen LogP contribution in [0.2, 0.25) is 51.9 Å². The highest BCUT2D eigenvalue weighted by atomic mass is 28.5. The fourth-order valence-electron chi connectivity index (χ4n) is 8.18. The van der Waals surface area contributed by atoms with Crippen LogP contribution in [-0.4, -0.2) is 63.4 Å². The Bertz CT molecular complexity index is 1080. The van der Waals surface area contributed by atoms with Crippen molar-refractivity contribution in [2.45, 2.75) is 288 Å². The second kappa shape index (κ2) is 41.2. The van der Waals surface area contributed by atoms with Gasteiger partial charge in [0.05, 0.1) is 36.6 Å². The van der Waals surface area contributed by atoms with Crippen LogP contribution in [0.1, 0.15) is 236 Å². The predicted octanol–water partition coefficient (Wildman–Crippen LogP) is 18.4. The van der Waals surface area contributed by atoms with Crippen LogP contribution in [0, 0.1) is 16.2 Å². The first kappa shape index (κ1) is 82.1. The van der Waals surface area contributed by atoms with E-state index in [0.717, 1.165) is 38.1 Å². The van der Waals surface area contributed by atoms with Gasteiger partial charge < -0.3 is 22.4 Å². The van der Waals surface area contributed by atoms with Crippen LogP contribution < -0.4 is 0 Å². The largest absolute Gasteiger partial charge is 0.469 e. The third kappa shape index (κ3) is 38.8. The lowest BCUT2D eigenvalue weighted by molar-refractivity contribution is -0.167. The van der Waals surface area contributed by atoms with Crippen LogP contribution in [0.3, 0.4) is 0 Å². The molecule has 0 aliphatic carbocycles. The van der Waals surface area contributed by atoms with Gasteiger partial charge in [0.15, 0.2) is 16.6 Å². The van der Waals surface area contributed by atoms with Gasteiger partial charge >= 0.3 is 26.5 Å². The van der Waals surface area contributed by atoms with Gasteiger partial charge in [-0.15, -0.1) is 0 Å². The van der Waals surface area contributed by atoms with E-state index in [-0.39, 0.29) is 84.2 Å². The molecule has 0 bridgehead atoms. The zero-order valence-electron chi connectivity index (χ0n) is 38.7. The molecule has 63 heavy (non-hydrogen) atoms. The number of methoxy groups -OCH3 is 1. The fraction of sp³-hybridized carbons (Fsp3) is 0.942. The molecule has 0 rings (SSSR count). The molecule has 0 radical (unpaired) electrons. The van der Waals surface area contributed by atoms with Gasteiger partial charge in [0.1, 0.15) is 0 Å². The lowest BCUT2D eigenvalue weighted by Crippen LogP contribution is -2.51. The predicted molar refractivity (Wildman–Crippen MR) is 291 cm³/mol. The Kier molecular flexibility index (Phi) is 53.7. The molecule has 2 atom stereocenters. The number of rotatable bonds is 34. The summed E-state index contributed by atoms with van der Waals surface area (Å²) in [6.45, 7) is 27.5. The SMILES string of the molecule is C.C.C.C.C.C.C.C.CCCCCCCCCCCCCCCCCCOC(=O)C(C)(CC)CC(C)(CC(C)(C)C(=O)OCCCC[Si](C)(C)O[Si](C)(C)O[Si](C)(C)C)C(=O)OC. The number of unbranched alkanes of at least 4 members (excludes halogenated alkanes) is 16. The number of esters is 3. The Morgan fingerprint density at radius 1 is 0.444 bits per heavy atom. The molecule has 0 aliphatic heterocycles. The minimum atomic E-state index is -2.20. The summed E-state index contributed by atoms with van der Waals surface area (Å²) in [5.74, 6) is -1.08. The molecule has 0 spiro atoms. The van der Waals surface area contributed by atoms with Crippen molar-refractivity contribution in [1.82, 2.24) is 0 Å². The molecule has 0 aromatic heterocycles. The summed E-state index contributed by atoms with van der Waals surface area (Å²) in [4.78, 5) is 40.2. The van der Waals surface area contributed by atoms with Crippen LogP contribution in [0.25, 0.3) is 0 Å². The average Bonchev–Trinajstić information content (AvgIpc) is 3.06. The Morgan fingerprint density at radius 3 is 1.17 bits per heavy atom. The Labute approximate surface area is 402 Å². The zero-order valence-corrected chi connectivity index (χ0v) is 41.7. The lowest BCUT2D eigenvalue weighted by atomic mass is 9.65. The van der Waals surface area contributed by atoms with E-state index in [9.17, 15) is 14.4 Å². The highest BCUT2D eigenvalue weighted by Crippen LogP contribution is 2.46. The van der Waals surface area contributed by atoms with Crippen LogP contribution in [0.5, 0.6) is 0 Å². The maximum absolute atomic E-state index is 13.5. The normalized spacial score (nSPS) is 13.0. The molecule has 0 aromatic rings. The molecule has 390 valence electrons. The quantitative estimate of drug-likeness (QED) is 0.0272. The molecule has 0 heterocycles. The number of ether oxygens (including phenoxy) is 3. The second-order valence-corrected chi connectivity index (χ2v) is 32.4. The lowest BCUT2D eigenvalue weighted by Gasteiger charge is -2.39. The van der Waals surface area contributed by atoms with Gasteiger partial charge in [-0.2, -0.15) is 0 Å². The van der Waals surface area contributed by atoms with Gasteiger partial charge in [-0.1, -0.05) is 176 Å². The molecule has 0 amide bonds. The summed E-state index contributed by atoms with van der Waals surface area (Å²) in [5.41, 5.74) is -2.94. The minimum Gasteiger partial charge on any atom is -0.469 e. The summed E-state index contributed by atoms with van der Waals surface area (Å²) in [5, 5.41) is 0. The summed E-state index contributed by atoms with van der Waals surface area (Å²) in [7, 11) is -4.46. The van der Waals surface area contributed by atoms with E-state index in [2.05, 4.69) is 52.8 Å². The number of hydrogen-bond acceptors (Lipinski definition) is 8. The number of carbonyl (C=O) groups excluding carboxylic acids is 3. The smallest absolute Gasteiger partial charge is 0.311 e.